The minimum absolute atomic E-state index is 0.0590. The van der Waals surface area contributed by atoms with Crippen LogP contribution in [0.1, 0.15) is 16.1 Å². The summed E-state index contributed by atoms with van der Waals surface area (Å²) in [5.74, 6) is -0.403. The maximum absolute atomic E-state index is 12.1. The topological polar surface area (TPSA) is 90.4 Å². The van der Waals surface area contributed by atoms with Crippen molar-refractivity contribution in [2.24, 2.45) is 5.10 Å². The Balaban J connectivity index is 1.71. The number of H-pyrrole nitrogens is 1. The van der Waals surface area contributed by atoms with Crippen LogP contribution in [0.5, 0.6) is 5.75 Å². The molecule has 6 nitrogen and oxygen atoms in total. The lowest BCUT2D eigenvalue weighted by molar-refractivity contribution is 0.0950. The van der Waals surface area contributed by atoms with Crippen LogP contribution in [0, 0.1) is 0 Å². The highest BCUT2D eigenvalue weighted by Gasteiger charge is 2.12. The van der Waals surface area contributed by atoms with Gasteiger partial charge in [-0.05, 0) is 30.3 Å². The van der Waals surface area contributed by atoms with E-state index in [2.05, 4.69) is 36.7 Å². The number of aromatic amines is 1. The Bertz CT molecular complexity index is 955. The number of carbonyl (C=O) groups excluding carboxylic acids is 1. The van der Waals surface area contributed by atoms with Gasteiger partial charge in [0, 0.05) is 15.6 Å². The van der Waals surface area contributed by atoms with E-state index in [9.17, 15) is 9.90 Å². The molecular formula is C17H12BrClN4O2. The minimum Gasteiger partial charge on any atom is -0.507 e. The smallest absolute Gasteiger partial charge is 0.289 e. The summed E-state index contributed by atoms with van der Waals surface area (Å²) in [7, 11) is 0. The average molecular weight is 420 g/mol. The van der Waals surface area contributed by atoms with E-state index in [-0.39, 0.29) is 11.4 Å². The first-order valence-electron chi connectivity index (χ1n) is 7.17. The van der Waals surface area contributed by atoms with Crippen molar-refractivity contribution in [1.29, 1.82) is 0 Å². The van der Waals surface area contributed by atoms with Crippen LogP contribution in [-0.2, 0) is 0 Å². The molecule has 1 aromatic heterocycles. The molecule has 3 N–H and O–H groups in total. The third-order valence-electron chi connectivity index (χ3n) is 3.33. The largest absolute Gasteiger partial charge is 0.507 e. The zero-order valence-electron chi connectivity index (χ0n) is 12.7. The molecule has 3 aromatic rings. The third-order valence-corrected chi connectivity index (χ3v) is 4.15. The van der Waals surface area contributed by atoms with E-state index in [4.69, 9.17) is 11.6 Å². The van der Waals surface area contributed by atoms with Crippen LogP contribution < -0.4 is 5.43 Å². The molecule has 0 spiro atoms. The zero-order valence-corrected chi connectivity index (χ0v) is 15.0. The van der Waals surface area contributed by atoms with Crippen molar-refractivity contribution in [1.82, 2.24) is 15.6 Å². The van der Waals surface area contributed by atoms with Crippen LogP contribution in [0.25, 0.3) is 11.3 Å². The van der Waals surface area contributed by atoms with E-state index >= 15 is 0 Å². The van der Waals surface area contributed by atoms with Crippen molar-refractivity contribution in [2.45, 2.75) is 0 Å². The highest BCUT2D eigenvalue weighted by molar-refractivity contribution is 9.10. The van der Waals surface area contributed by atoms with E-state index in [1.54, 1.807) is 24.3 Å². The van der Waals surface area contributed by atoms with Gasteiger partial charge in [0.15, 0.2) is 0 Å². The Kier molecular flexibility index (Phi) is 5.16. The predicted octanol–water partition coefficient (Wildman–Crippen LogP) is 3.96. The molecule has 3 rings (SSSR count). The summed E-state index contributed by atoms with van der Waals surface area (Å²) in [6.07, 6.45) is 1.35. The maximum Gasteiger partial charge on any atom is 0.289 e. The molecule has 126 valence electrons. The molecule has 1 amide bonds. The molecule has 0 saturated heterocycles. The Morgan fingerprint density at radius 1 is 1.28 bits per heavy atom. The molecule has 0 bridgehead atoms. The van der Waals surface area contributed by atoms with Gasteiger partial charge in [0.05, 0.1) is 16.9 Å². The molecule has 1 heterocycles. The number of nitrogens with zero attached hydrogens (tertiary/aromatic N) is 2. The molecule has 0 aliphatic carbocycles. The van der Waals surface area contributed by atoms with Crippen LogP contribution in [0.3, 0.4) is 0 Å². The molecule has 0 aliphatic heterocycles. The highest BCUT2D eigenvalue weighted by atomic mass is 79.9. The number of hydrogen-bond donors (Lipinski definition) is 3. The van der Waals surface area contributed by atoms with E-state index in [1.165, 1.54) is 12.3 Å². The molecule has 0 unspecified atom stereocenters. The van der Waals surface area contributed by atoms with Gasteiger partial charge in [-0.1, -0.05) is 45.7 Å². The molecule has 0 saturated carbocycles. The van der Waals surface area contributed by atoms with Crippen LogP contribution >= 0.6 is 27.5 Å². The first kappa shape index (κ1) is 17.2. The van der Waals surface area contributed by atoms with Crippen molar-refractivity contribution in [3.63, 3.8) is 0 Å². The normalized spacial score (nSPS) is 11.0. The first-order valence-corrected chi connectivity index (χ1v) is 8.34. The lowest BCUT2D eigenvalue weighted by Gasteiger charge is -2.00. The summed E-state index contributed by atoms with van der Waals surface area (Å²) in [5, 5.41) is 20.8. The quantitative estimate of drug-likeness (QED) is 0.441. The van der Waals surface area contributed by atoms with Gasteiger partial charge in [-0.3, -0.25) is 9.89 Å². The Morgan fingerprint density at radius 3 is 2.88 bits per heavy atom. The number of nitrogens with one attached hydrogen (secondary N) is 2. The number of aromatic nitrogens is 2. The Hall–Kier alpha value is -2.64. The van der Waals surface area contributed by atoms with Crippen molar-refractivity contribution >= 4 is 39.7 Å². The fourth-order valence-electron chi connectivity index (χ4n) is 2.09. The number of aromatic hydroxyl groups is 1. The Morgan fingerprint density at radius 2 is 2.08 bits per heavy atom. The highest BCUT2D eigenvalue weighted by Crippen LogP contribution is 2.26. The fraction of sp³-hybridized carbons (Fsp3) is 0. The summed E-state index contributed by atoms with van der Waals surface area (Å²) in [5.41, 5.74) is 4.37. The molecule has 0 radical (unpaired) electrons. The van der Waals surface area contributed by atoms with Gasteiger partial charge in [-0.15, -0.1) is 0 Å². The van der Waals surface area contributed by atoms with Gasteiger partial charge < -0.3 is 5.11 Å². The van der Waals surface area contributed by atoms with E-state index in [0.717, 1.165) is 10.0 Å². The van der Waals surface area contributed by atoms with Crippen molar-refractivity contribution < 1.29 is 9.90 Å². The van der Waals surface area contributed by atoms with E-state index in [1.807, 2.05) is 18.2 Å². The first-order chi connectivity index (χ1) is 12.0. The summed E-state index contributed by atoms with van der Waals surface area (Å²) >= 11 is 9.42. The second-order valence-corrected chi connectivity index (χ2v) is 6.37. The van der Waals surface area contributed by atoms with Crippen molar-refractivity contribution in [2.75, 3.05) is 0 Å². The lowest BCUT2D eigenvalue weighted by atomic mass is 10.1. The average Bonchev–Trinajstić information content (AvgIpc) is 3.08. The van der Waals surface area contributed by atoms with Gasteiger partial charge in [0.1, 0.15) is 11.4 Å². The number of carbonyl (C=O) groups is 1. The molecule has 25 heavy (non-hydrogen) atoms. The molecule has 2 aromatic carbocycles. The minimum atomic E-state index is -0.462. The van der Waals surface area contributed by atoms with E-state index < -0.39 is 5.91 Å². The fourth-order valence-corrected chi connectivity index (χ4v) is 2.71. The van der Waals surface area contributed by atoms with Gasteiger partial charge in [0.2, 0.25) is 0 Å². The standard InChI is InChI=1S/C17H12BrClN4O2/c18-11-5-6-16(24)10(7-11)9-20-23-17(25)15-8-14(21-22-15)12-3-1-2-4-13(12)19/h1-9,24H,(H,21,22)(H,23,25). The number of benzene rings is 2. The van der Waals surface area contributed by atoms with Gasteiger partial charge in [-0.2, -0.15) is 10.2 Å². The van der Waals surface area contributed by atoms with Gasteiger partial charge >= 0.3 is 0 Å². The zero-order chi connectivity index (χ0) is 17.8. The van der Waals surface area contributed by atoms with Crippen LogP contribution in [0.15, 0.2) is 58.1 Å². The Labute approximate surface area is 156 Å². The second-order valence-electron chi connectivity index (χ2n) is 5.05. The summed E-state index contributed by atoms with van der Waals surface area (Å²) in [6.45, 7) is 0. The molecule has 0 aliphatic rings. The number of phenolic OH excluding ortho intramolecular Hbond substituents is 1. The van der Waals surface area contributed by atoms with E-state index in [0.29, 0.717) is 16.3 Å². The number of rotatable bonds is 4. The van der Waals surface area contributed by atoms with Crippen LogP contribution in [0.4, 0.5) is 0 Å². The third kappa shape index (κ3) is 4.07. The number of hydrazone groups is 1. The summed E-state index contributed by atoms with van der Waals surface area (Å²) in [6, 6.07) is 13.7. The van der Waals surface area contributed by atoms with Crippen LogP contribution in [-0.4, -0.2) is 27.4 Å². The number of phenols is 1. The van der Waals surface area contributed by atoms with Crippen molar-refractivity contribution in [3.8, 4) is 17.0 Å². The van der Waals surface area contributed by atoms with Crippen molar-refractivity contribution in [3.05, 3.63) is 69.3 Å². The summed E-state index contributed by atoms with van der Waals surface area (Å²) in [4.78, 5) is 12.1. The number of halogens is 2. The maximum atomic E-state index is 12.1. The second kappa shape index (κ2) is 7.50. The number of hydrogen-bond acceptors (Lipinski definition) is 4. The lowest BCUT2D eigenvalue weighted by Crippen LogP contribution is -2.18. The molecule has 0 fully saturated rings. The molecule has 8 heteroatoms. The molecular weight excluding hydrogens is 408 g/mol. The van der Waals surface area contributed by atoms with Crippen LogP contribution in [0.2, 0.25) is 5.02 Å². The van der Waals surface area contributed by atoms with Gasteiger partial charge in [0.25, 0.3) is 5.91 Å². The van der Waals surface area contributed by atoms with Gasteiger partial charge in [-0.25, -0.2) is 5.43 Å². The summed E-state index contributed by atoms with van der Waals surface area (Å²) < 4.78 is 0.788. The monoisotopic (exact) mass is 418 g/mol. The predicted molar refractivity (Wildman–Crippen MR) is 99.9 cm³/mol. The SMILES string of the molecule is O=C(NN=Cc1cc(Br)ccc1O)c1cc(-c2ccccc2Cl)n[nH]1. The molecule has 0 atom stereocenters. The number of amides is 1.